The van der Waals surface area contributed by atoms with Gasteiger partial charge in [-0.1, -0.05) is 13.8 Å². The molecule has 1 rings (SSSR count). The van der Waals surface area contributed by atoms with Gasteiger partial charge in [0.1, 0.15) is 5.01 Å². The molecule has 0 radical (unpaired) electrons. The molecule has 0 spiro atoms. The van der Waals surface area contributed by atoms with E-state index >= 15 is 0 Å². The van der Waals surface area contributed by atoms with Crippen LogP contribution in [-0.4, -0.2) is 17.6 Å². The van der Waals surface area contributed by atoms with Crippen molar-refractivity contribution in [1.82, 2.24) is 4.98 Å². The van der Waals surface area contributed by atoms with E-state index in [1.165, 1.54) is 11.3 Å². The lowest BCUT2D eigenvalue weighted by molar-refractivity contribution is 0.0520. The Bertz CT molecular complexity index is 350. The molecule has 0 saturated carbocycles. The van der Waals surface area contributed by atoms with Crippen LogP contribution in [0.3, 0.4) is 0 Å². The Hall–Kier alpha value is -0.940. The number of nitrogens with two attached hydrogens (primary N) is 1. The molecule has 90 valence electrons. The first-order valence-corrected chi connectivity index (χ1v) is 6.30. The van der Waals surface area contributed by atoms with Crippen molar-refractivity contribution < 1.29 is 9.53 Å². The fraction of sp³-hybridized carbons (Fsp3) is 0.636. The number of hydrogen-bond acceptors (Lipinski definition) is 5. The molecule has 0 aliphatic rings. The highest BCUT2D eigenvalue weighted by atomic mass is 32.1. The molecule has 0 bridgehead atoms. The summed E-state index contributed by atoms with van der Waals surface area (Å²) in [6, 6.07) is -0.0897. The van der Waals surface area contributed by atoms with E-state index in [9.17, 15) is 4.79 Å². The highest BCUT2D eigenvalue weighted by Gasteiger charge is 2.16. The fourth-order valence-electron chi connectivity index (χ4n) is 1.37. The maximum atomic E-state index is 11.4. The second-order valence-electron chi connectivity index (χ2n) is 4.03. The van der Waals surface area contributed by atoms with E-state index in [0.29, 0.717) is 18.2 Å². The van der Waals surface area contributed by atoms with E-state index in [2.05, 4.69) is 18.8 Å². The predicted octanol–water partition coefficient (Wildman–Crippen LogP) is 2.37. The third kappa shape index (κ3) is 3.57. The number of rotatable bonds is 5. The smallest absolute Gasteiger partial charge is 0.357 e. The van der Waals surface area contributed by atoms with Crippen molar-refractivity contribution in [3.05, 3.63) is 16.1 Å². The molecule has 4 nitrogen and oxygen atoms in total. The van der Waals surface area contributed by atoms with Crippen LogP contribution in [0.2, 0.25) is 0 Å². The molecular weight excluding hydrogens is 224 g/mol. The van der Waals surface area contributed by atoms with Crippen LogP contribution in [0, 0.1) is 5.92 Å². The quantitative estimate of drug-likeness (QED) is 0.805. The second kappa shape index (κ2) is 5.96. The summed E-state index contributed by atoms with van der Waals surface area (Å²) in [6.45, 7) is 6.36. The zero-order chi connectivity index (χ0) is 12.1. The van der Waals surface area contributed by atoms with E-state index in [4.69, 9.17) is 10.5 Å². The van der Waals surface area contributed by atoms with Gasteiger partial charge in [0.25, 0.3) is 0 Å². The van der Waals surface area contributed by atoms with Crippen LogP contribution in [0.15, 0.2) is 5.38 Å². The fourth-order valence-corrected chi connectivity index (χ4v) is 2.17. The van der Waals surface area contributed by atoms with Crippen molar-refractivity contribution in [3.8, 4) is 0 Å². The molecule has 0 saturated heterocycles. The topological polar surface area (TPSA) is 65.2 Å². The lowest BCUT2D eigenvalue weighted by atomic mass is 10.1. The van der Waals surface area contributed by atoms with Gasteiger partial charge in [0.15, 0.2) is 5.69 Å². The molecule has 0 unspecified atom stereocenters. The Morgan fingerprint density at radius 3 is 2.88 bits per heavy atom. The van der Waals surface area contributed by atoms with E-state index in [1.807, 2.05) is 0 Å². The number of nitrogens with zero attached hydrogens (tertiary/aromatic N) is 1. The van der Waals surface area contributed by atoms with Gasteiger partial charge in [0, 0.05) is 5.38 Å². The van der Waals surface area contributed by atoms with Crippen LogP contribution in [0.1, 0.15) is 48.7 Å². The molecule has 5 heteroatoms. The summed E-state index contributed by atoms with van der Waals surface area (Å²) in [5.41, 5.74) is 6.34. The SMILES string of the molecule is CCOC(=O)c1csc([C@@H](N)CC(C)C)n1. The molecule has 1 aromatic heterocycles. The van der Waals surface area contributed by atoms with Gasteiger partial charge in [-0.15, -0.1) is 11.3 Å². The number of aromatic nitrogens is 1. The molecule has 0 amide bonds. The van der Waals surface area contributed by atoms with Gasteiger partial charge in [-0.25, -0.2) is 9.78 Å². The van der Waals surface area contributed by atoms with Crippen molar-refractivity contribution in [2.75, 3.05) is 6.61 Å². The minimum absolute atomic E-state index is 0.0897. The Balaban J connectivity index is 2.67. The summed E-state index contributed by atoms with van der Waals surface area (Å²) in [6.07, 6.45) is 0.871. The molecule has 16 heavy (non-hydrogen) atoms. The summed E-state index contributed by atoms with van der Waals surface area (Å²) in [5.74, 6) is 0.145. The number of thiazole rings is 1. The molecule has 2 N–H and O–H groups in total. The average molecular weight is 242 g/mol. The number of esters is 1. The summed E-state index contributed by atoms with van der Waals surface area (Å²) in [7, 11) is 0. The van der Waals surface area contributed by atoms with Crippen molar-refractivity contribution in [1.29, 1.82) is 0 Å². The molecular formula is C11H18N2O2S. The molecule has 1 heterocycles. The van der Waals surface area contributed by atoms with Gasteiger partial charge in [-0.05, 0) is 19.3 Å². The molecule has 0 aromatic carbocycles. The minimum Gasteiger partial charge on any atom is -0.461 e. The minimum atomic E-state index is -0.373. The first-order valence-electron chi connectivity index (χ1n) is 5.42. The maximum Gasteiger partial charge on any atom is 0.357 e. The van der Waals surface area contributed by atoms with Gasteiger partial charge >= 0.3 is 5.97 Å². The summed E-state index contributed by atoms with van der Waals surface area (Å²) in [5, 5.41) is 2.50. The summed E-state index contributed by atoms with van der Waals surface area (Å²) >= 11 is 1.42. The maximum absolute atomic E-state index is 11.4. The Labute approximate surface area is 99.8 Å². The van der Waals surface area contributed by atoms with Gasteiger partial charge in [-0.3, -0.25) is 0 Å². The predicted molar refractivity (Wildman–Crippen MR) is 64.5 cm³/mol. The highest BCUT2D eigenvalue weighted by Crippen LogP contribution is 2.22. The summed E-state index contributed by atoms with van der Waals surface area (Å²) < 4.78 is 4.87. The molecule has 1 aromatic rings. The van der Waals surface area contributed by atoms with Crippen LogP contribution in [0.4, 0.5) is 0 Å². The van der Waals surface area contributed by atoms with Gasteiger partial charge < -0.3 is 10.5 Å². The molecule has 0 aliphatic heterocycles. The van der Waals surface area contributed by atoms with Crippen LogP contribution < -0.4 is 5.73 Å². The highest BCUT2D eigenvalue weighted by molar-refractivity contribution is 7.09. The average Bonchev–Trinajstić information content (AvgIpc) is 2.65. The van der Waals surface area contributed by atoms with Crippen LogP contribution in [-0.2, 0) is 4.74 Å². The Kier molecular flexibility index (Phi) is 4.89. The Morgan fingerprint density at radius 2 is 2.31 bits per heavy atom. The third-order valence-corrected chi connectivity index (χ3v) is 3.03. The van der Waals surface area contributed by atoms with E-state index in [-0.39, 0.29) is 12.0 Å². The van der Waals surface area contributed by atoms with Crippen LogP contribution >= 0.6 is 11.3 Å². The number of hydrogen-bond donors (Lipinski definition) is 1. The number of ether oxygens (including phenoxy) is 1. The number of carbonyl (C=O) groups excluding carboxylic acids is 1. The van der Waals surface area contributed by atoms with E-state index in [1.54, 1.807) is 12.3 Å². The normalized spacial score (nSPS) is 12.8. The third-order valence-electron chi connectivity index (χ3n) is 2.05. The van der Waals surface area contributed by atoms with E-state index in [0.717, 1.165) is 11.4 Å². The lowest BCUT2D eigenvalue weighted by Crippen LogP contribution is -2.13. The second-order valence-corrected chi connectivity index (χ2v) is 4.92. The van der Waals surface area contributed by atoms with Crippen molar-refractivity contribution in [3.63, 3.8) is 0 Å². The Morgan fingerprint density at radius 1 is 1.62 bits per heavy atom. The largest absolute Gasteiger partial charge is 0.461 e. The lowest BCUT2D eigenvalue weighted by Gasteiger charge is -2.10. The first-order chi connectivity index (χ1) is 7.54. The van der Waals surface area contributed by atoms with Crippen molar-refractivity contribution in [2.24, 2.45) is 11.7 Å². The molecule has 0 fully saturated rings. The monoisotopic (exact) mass is 242 g/mol. The first kappa shape index (κ1) is 13.1. The van der Waals surface area contributed by atoms with Gasteiger partial charge in [0.2, 0.25) is 0 Å². The van der Waals surface area contributed by atoms with Crippen molar-refractivity contribution in [2.45, 2.75) is 33.2 Å². The standard InChI is InChI=1S/C11H18N2O2S/c1-4-15-11(14)9-6-16-10(13-9)8(12)5-7(2)3/h6-8H,4-5,12H2,1-3H3/t8-/m0/s1. The molecule has 1 atom stereocenters. The molecule has 0 aliphatic carbocycles. The van der Waals surface area contributed by atoms with Crippen molar-refractivity contribution >= 4 is 17.3 Å². The van der Waals surface area contributed by atoms with Gasteiger partial charge in [0.05, 0.1) is 12.6 Å². The summed E-state index contributed by atoms with van der Waals surface area (Å²) in [4.78, 5) is 15.6. The van der Waals surface area contributed by atoms with E-state index < -0.39 is 0 Å². The van der Waals surface area contributed by atoms with Crippen LogP contribution in [0.25, 0.3) is 0 Å². The van der Waals surface area contributed by atoms with Crippen LogP contribution in [0.5, 0.6) is 0 Å². The zero-order valence-electron chi connectivity index (χ0n) is 9.90. The number of carbonyl (C=O) groups is 1. The zero-order valence-corrected chi connectivity index (χ0v) is 10.7. The van der Waals surface area contributed by atoms with Gasteiger partial charge in [-0.2, -0.15) is 0 Å².